The van der Waals surface area contributed by atoms with Crippen LogP contribution in [0.25, 0.3) is 11.3 Å². The fourth-order valence-corrected chi connectivity index (χ4v) is 2.17. The van der Waals surface area contributed by atoms with E-state index < -0.39 is 17.7 Å². The van der Waals surface area contributed by atoms with Crippen LogP contribution in [-0.2, 0) is 22.1 Å². The SMILES string of the molecule is COC(=O)CCc1nc(-c2cc(C(C)C)cc(C(F)(F)F)c2)co1. The van der Waals surface area contributed by atoms with Crippen LogP contribution in [0.3, 0.4) is 0 Å². The molecule has 0 unspecified atom stereocenters. The zero-order valence-corrected chi connectivity index (χ0v) is 13.6. The summed E-state index contributed by atoms with van der Waals surface area (Å²) in [5.74, 6) is -0.188. The summed E-state index contributed by atoms with van der Waals surface area (Å²) < 4.78 is 49.0. The Balaban J connectivity index is 2.32. The van der Waals surface area contributed by atoms with Crippen molar-refractivity contribution in [3.8, 4) is 11.3 Å². The van der Waals surface area contributed by atoms with Crippen LogP contribution in [0.5, 0.6) is 0 Å². The summed E-state index contributed by atoms with van der Waals surface area (Å²) in [6.45, 7) is 3.65. The number of rotatable bonds is 5. The van der Waals surface area contributed by atoms with Gasteiger partial charge < -0.3 is 9.15 Å². The summed E-state index contributed by atoms with van der Waals surface area (Å²) in [7, 11) is 1.28. The predicted octanol–water partition coefficient (Wildman–Crippen LogP) is 4.59. The number of hydrogen-bond acceptors (Lipinski definition) is 4. The highest BCUT2D eigenvalue weighted by Crippen LogP contribution is 2.35. The standard InChI is InChI=1S/C17H18F3NO3/c1-10(2)11-6-12(8-13(7-11)17(18,19)20)14-9-24-15(21-14)4-5-16(22)23-3/h6-10H,4-5H2,1-3H3. The Bertz CT molecular complexity index is 720. The Morgan fingerprint density at radius 3 is 2.58 bits per heavy atom. The molecule has 2 rings (SSSR count). The van der Waals surface area contributed by atoms with Crippen LogP contribution < -0.4 is 0 Å². The van der Waals surface area contributed by atoms with E-state index in [1.54, 1.807) is 6.07 Å². The number of aryl methyl sites for hydroxylation is 1. The third-order valence-electron chi connectivity index (χ3n) is 3.57. The van der Waals surface area contributed by atoms with Gasteiger partial charge in [-0.25, -0.2) is 4.98 Å². The number of methoxy groups -OCH3 is 1. The molecule has 0 atom stereocenters. The van der Waals surface area contributed by atoms with Crippen molar-refractivity contribution in [2.45, 2.75) is 38.8 Å². The monoisotopic (exact) mass is 341 g/mol. The van der Waals surface area contributed by atoms with Crippen LogP contribution in [-0.4, -0.2) is 18.1 Å². The zero-order chi connectivity index (χ0) is 17.9. The maximum Gasteiger partial charge on any atom is 0.416 e. The van der Waals surface area contributed by atoms with Crippen LogP contribution in [0.15, 0.2) is 28.9 Å². The van der Waals surface area contributed by atoms with Gasteiger partial charge >= 0.3 is 12.1 Å². The molecule has 0 bridgehead atoms. The third-order valence-corrected chi connectivity index (χ3v) is 3.57. The Morgan fingerprint density at radius 2 is 2.00 bits per heavy atom. The van der Waals surface area contributed by atoms with E-state index in [9.17, 15) is 18.0 Å². The van der Waals surface area contributed by atoms with Gasteiger partial charge in [-0.15, -0.1) is 0 Å². The molecule has 24 heavy (non-hydrogen) atoms. The molecular formula is C17H18F3NO3. The molecule has 1 aromatic carbocycles. The van der Waals surface area contributed by atoms with Gasteiger partial charge in [0.15, 0.2) is 5.89 Å². The number of hydrogen-bond donors (Lipinski definition) is 0. The summed E-state index contributed by atoms with van der Waals surface area (Å²) in [5.41, 5.74) is 0.492. The maximum absolute atomic E-state index is 13.1. The van der Waals surface area contributed by atoms with Crippen LogP contribution in [0.2, 0.25) is 0 Å². The minimum atomic E-state index is -4.43. The second kappa shape index (κ2) is 7.07. The van der Waals surface area contributed by atoms with Crippen molar-refractivity contribution in [3.05, 3.63) is 41.5 Å². The molecule has 7 heteroatoms. The fraction of sp³-hybridized carbons (Fsp3) is 0.412. The van der Waals surface area contributed by atoms with Crippen molar-refractivity contribution in [3.63, 3.8) is 0 Å². The Morgan fingerprint density at radius 1 is 1.29 bits per heavy atom. The van der Waals surface area contributed by atoms with Gasteiger partial charge in [0.25, 0.3) is 0 Å². The number of ether oxygens (including phenoxy) is 1. The van der Waals surface area contributed by atoms with Crippen molar-refractivity contribution >= 4 is 5.97 Å². The lowest BCUT2D eigenvalue weighted by Gasteiger charge is -2.13. The molecule has 0 spiro atoms. The molecule has 0 saturated heterocycles. The number of esters is 1. The Hall–Kier alpha value is -2.31. The molecule has 0 aliphatic carbocycles. The number of nitrogens with zero attached hydrogens (tertiary/aromatic N) is 1. The highest BCUT2D eigenvalue weighted by atomic mass is 19.4. The minimum Gasteiger partial charge on any atom is -0.469 e. The first-order valence-electron chi connectivity index (χ1n) is 7.44. The van der Waals surface area contributed by atoms with E-state index in [0.717, 1.165) is 12.1 Å². The van der Waals surface area contributed by atoms with Gasteiger partial charge in [-0.05, 0) is 29.7 Å². The average Bonchev–Trinajstić information content (AvgIpc) is 3.00. The first-order chi connectivity index (χ1) is 11.2. The largest absolute Gasteiger partial charge is 0.469 e. The first-order valence-corrected chi connectivity index (χ1v) is 7.44. The first kappa shape index (κ1) is 18.0. The molecule has 2 aromatic rings. The number of carbonyl (C=O) groups excluding carboxylic acids is 1. The molecule has 0 aliphatic heterocycles. The molecule has 0 radical (unpaired) electrons. The summed E-state index contributed by atoms with van der Waals surface area (Å²) in [6.07, 6.45) is -2.82. The van der Waals surface area contributed by atoms with Crippen molar-refractivity contribution in [2.75, 3.05) is 7.11 Å². The second-order valence-corrected chi connectivity index (χ2v) is 5.70. The molecule has 0 fully saturated rings. The van der Waals surface area contributed by atoms with Gasteiger partial charge in [0, 0.05) is 12.0 Å². The van der Waals surface area contributed by atoms with Gasteiger partial charge in [-0.2, -0.15) is 13.2 Å². The van der Waals surface area contributed by atoms with Gasteiger partial charge in [-0.1, -0.05) is 13.8 Å². The number of carbonyl (C=O) groups is 1. The minimum absolute atomic E-state index is 0.0586. The summed E-state index contributed by atoms with van der Waals surface area (Å²) >= 11 is 0. The van der Waals surface area contributed by atoms with Crippen molar-refractivity contribution in [1.29, 1.82) is 0 Å². The van der Waals surface area contributed by atoms with Gasteiger partial charge in [0.2, 0.25) is 0 Å². The van der Waals surface area contributed by atoms with Gasteiger partial charge in [0.05, 0.1) is 19.1 Å². The summed E-state index contributed by atoms with van der Waals surface area (Å²) in [4.78, 5) is 15.3. The highest BCUT2D eigenvalue weighted by Gasteiger charge is 2.31. The van der Waals surface area contributed by atoms with Crippen molar-refractivity contribution in [2.24, 2.45) is 0 Å². The van der Waals surface area contributed by atoms with Gasteiger partial charge in [0.1, 0.15) is 12.0 Å². The molecule has 0 aliphatic rings. The van der Waals surface area contributed by atoms with E-state index in [1.807, 2.05) is 13.8 Å². The van der Waals surface area contributed by atoms with E-state index >= 15 is 0 Å². The normalized spacial score (nSPS) is 11.8. The van der Waals surface area contributed by atoms with Crippen LogP contribution >= 0.6 is 0 Å². The molecule has 0 saturated carbocycles. The Labute approximate surface area is 137 Å². The highest BCUT2D eigenvalue weighted by molar-refractivity contribution is 5.69. The maximum atomic E-state index is 13.1. The average molecular weight is 341 g/mol. The molecule has 1 aromatic heterocycles. The number of alkyl halides is 3. The van der Waals surface area contributed by atoms with E-state index in [0.29, 0.717) is 16.8 Å². The molecule has 4 nitrogen and oxygen atoms in total. The number of oxazole rings is 1. The van der Waals surface area contributed by atoms with Crippen LogP contribution in [0.4, 0.5) is 13.2 Å². The molecule has 130 valence electrons. The van der Waals surface area contributed by atoms with E-state index in [4.69, 9.17) is 4.42 Å². The summed E-state index contributed by atoms with van der Waals surface area (Å²) in [6, 6.07) is 3.86. The van der Waals surface area contributed by atoms with E-state index in [-0.39, 0.29) is 24.7 Å². The van der Waals surface area contributed by atoms with Crippen molar-refractivity contribution < 1.29 is 27.1 Å². The molecule has 0 amide bonds. The van der Waals surface area contributed by atoms with Crippen LogP contribution in [0, 0.1) is 0 Å². The number of benzene rings is 1. The third kappa shape index (κ3) is 4.37. The molecule has 0 N–H and O–H groups in total. The van der Waals surface area contributed by atoms with E-state index in [1.165, 1.54) is 13.4 Å². The van der Waals surface area contributed by atoms with Gasteiger partial charge in [-0.3, -0.25) is 4.79 Å². The molecule has 1 heterocycles. The molecular weight excluding hydrogens is 323 g/mol. The topological polar surface area (TPSA) is 52.3 Å². The van der Waals surface area contributed by atoms with Crippen molar-refractivity contribution in [1.82, 2.24) is 4.98 Å². The Kier molecular flexibility index (Phi) is 5.31. The fourth-order valence-electron chi connectivity index (χ4n) is 2.17. The second-order valence-electron chi connectivity index (χ2n) is 5.70. The van der Waals surface area contributed by atoms with Crippen LogP contribution in [0.1, 0.15) is 43.2 Å². The lowest BCUT2D eigenvalue weighted by Crippen LogP contribution is -2.06. The predicted molar refractivity (Wildman–Crippen MR) is 81.4 cm³/mol. The smallest absolute Gasteiger partial charge is 0.416 e. The number of halogens is 3. The summed E-state index contributed by atoms with van der Waals surface area (Å²) in [5, 5.41) is 0. The van der Waals surface area contributed by atoms with E-state index in [2.05, 4.69) is 9.72 Å². The quantitative estimate of drug-likeness (QED) is 0.747. The lowest BCUT2D eigenvalue weighted by molar-refractivity contribution is -0.140. The lowest BCUT2D eigenvalue weighted by atomic mass is 9.96. The number of aromatic nitrogens is 1. The zero-order valence-electron chi connectivity index (χ0n) is 13.6.